The largest absolute Gasteiger partial charge is 0.326 e. The number of benzene rings is 2. The number of carbonyl (C=O) groups is 2. The summed E-state index contributed by atoms with van der Waals surface area (Å²) in [5.41, 5.74) is 2.55. The van der Waals surface area contributed by atoms with Crippen molar-refractivity contribution in [3.8, 4) is 0 Å². The summed E-state index contributed by atoms with van der Waals surface area (Å²) in [5.74, 6) is -0.705. The molecule has 0 spiro atoms. The average molecular weight is 421 g/mol. The highest BCUT2D eigenvalue weighted by atomic mass is 32.2. The molecule has 0 atom stereocenters. The van der Waals surface area contributed by atoms with Crippen molar-refractivity contribution in [2.24, 2.45) is 0 Å². The van der Waals surface area contributed by atoms with E-state index in [4.69, 9.17) is 0 Å². The van der Waals surface area contributed by atoms with Crippen LogP contribution in [0.25, 0.3) is 0 Å². The molecule has 0 saturated carbocycles. The third kappa shape index (κ3) is 4.07. The topological polar surface area (TPSA) is 62.3 Å². The number of pyridine rings is 1. The lowest BCUT2D eigenvalue weighted by molar-refractivity contribution is -0.115. The second kappa shape index (κ2) is 8.28. The zero-order valence-electron chi connectivity index (χ0n) is 16.6. The van der Waals surface area contributed by atoms with E-state index in [1.54, 1.807) is 41.4 Å². The lowest BCUT2D eigenvalue weighted by Crippen LogP contribution is -2.37. The number of aromatic nitrogens is 1. The van der Waals surface area contributed by atoms with Crippen molar-refractivity contribution >= 4 is 35.0 Å². The van der Waals surface area contributed by atoms with Gasteiger partial charge in [-0.2, -0.15) is 0 Å². The van der Waals surface area contributed by atoms with Gasteiger partial charge in [0.15, 0.2) is 0 Å². The Balaban J connectivity index is 1.63. The number of nitrogens with one attached hydrogen (secondary N) is 1. The summed E-state index contributed by atoms with van der Waals surface area (Å²) in [4.78, 5) is 32.5. The molecule has 2 aromatic carbocycles. The summed E-state index contributed by atoms with van der Waals surface area (Å²) in [7, 11) is 0. The first kappa shape index (κ1) is 20.1. The molecule has 2 heterocycles. The zero-order valence-corrected chi connectivity index (χ0v) is 17.4. The van der Waals surface area contributed by atoms with E-state index in [1.165, 1.54) is 23.9 Å². The third-order valence-electron chi connectivity index (χ3n) is 4.70. The van der Waals surface area contributed by atoms with E-state index in [1.807, 2.05) is 26.0 Å². The van der Waals surface area contributed by atoms with Gasteiger partial charge in [-0.3, -0.25) is 9.59 Å². The predicted octanol–water partition coefficient (Wildman–Crippen LogP) is 4.92. The minimum absolute atomic E-state index is 0.0450. The van der Waals surface area contributed by atoms with E-state index in [2.05, 4.69) is 10.3 Å². The Hall–Kier alpha value is -3.19. The lowest BCUT2D eigenvalue weighted by atomic mass is 10.1. The molecule has 0 unspecified atom stereocenters. The summed E-state index contributed by atoms with van der Waals surface area (Å²) in [6.45, 7) is 3.92. The van der Waals surface area contributed by atoms with Crippen molar-refractivity contribution in [1.82, 2.24) is 4.98 Å². The molecule has 0 saturated heterocycles. The van der Waals surface area contributed by atoms with Crippen molar-refractivity contribution in [1.29, 1.82) is 0 Å². The number of nitrogens with zero attached hydrogens (tertiary/aromatic N) is 2. The molecule has 0 aliphatic carbocycles. The highest BCUT2D eigenvalue weighted by Gasteiger charge is 2.29. The third-order valence-corrected chi connectivity index (χ3v) is 5.77. The van der Waals surface area contributed by atoms with Crippen LogP contribution in [0.3, 0.4) is 0 Å². The van der Waals surface area contributed by atoms with Crippen LogP contribution < -0.4 is 10.2 Å². The number of anilines is 2. The highest BCUT2D eigenvalue weighted by Crippen LogP contribution is 2.42. The summed E-state index contributed by atoms with van der Waals surface area (Å²) in [6.07, 6.45) is 1.73. The molecule has 3 aromatic rings. The molecule has 0 bridgehead atoms. The van der Waals surface area contributed by atoms with Crippen molar-refractivity contribution in [3.05, 3.63) is 77.7 Å². The number of halogens is 1. The highest BCUT2D eigenvalue weighted by molar-refractivity contribution is 7.99. The first-order valence-corrected chi connectivity index (χ1v) is 10.4. The fourth-order valence-electron chi connectivity index (χ4n) is 3.40. The first-order chi connectivity index (χ1) is 14.4. The van der Waals surface area contributed by atoms with Crippen LogP contribution in [-0.2, 0) is 11.2 Å². The second-order valence-corrected chi connectivity index (χ2v) is 8.30. The van der Waals surface area contributed by atoms with Gasteiger partial charge in [0.25, 0.3) is 5.91 Å². The summed E-state index contributed by atoms with van der Waals surface area (Å²) in [5, 5.41) is 3.50. The van der Waals surface area contributed by atoms with Crippen LogP contribution in [-0.4, -0.2) is 22.8 Å². The number of carbonyl (C=O) groups excluding carboxylic acids is 2. The van der Waals surface area contributed by atoms with Gasteiger partial charge in [-0.25, -0.2) is 9.37 Å². The van der Waals surface area contributed by atoms with Crippen LogP contribution in [0.15, 0.2) is 70.7 Å². The number of fused-ring (bicyclic) bond motifs is 2. The Bertz CT molecular complexity index is 1130. The van der Waals surface area contributed by atoms with Gasteiger partial charge in [-0.1, -0.05) is 23.9 Å². The van der Waals surface area contributed by atoms with E-state index >= 15 is 0 Å². The molecule has 0 radical (unpaired) electrons. The van der Waals surface area contributed by atoms with Crippen LogP contribution in [0.5, 0.6) is 0 Å². The van der Waals surface area contributed by atoms with E-state index < -0.39 is 0 Å². The lowest BCUT2D eigenvalue weighted by Gasteiger charge is -2.27. The monoisotopic (exact) mass is 421 g/mol. The Labute approximate surface area is 178 Å². The molecular formula is C23H20FN3O2S. The van der Waals surface area contributed by atoms with Crippen LogP contribution in [0, 0.1) is 5.82 Å². The summed E-state index contributed by atoms with van der Waals surface area (Å²) in [6, 6.07) is 14.9. The normalized spacial score (nSPS) is 12.9. The maximum atomic E-state index is 13.4. The molecule has 0 fully saturated rings. The fraction of sp³-hybridized carbons (Fsp3) is 0.174. The fourth-order valence-corrected chi connectivity index (χ4v) is 4.45. The van der Waals surface area contributed by atoms with Crippen molar-refractivity contribution < 1.29 is 14.0 Å². The zero-order chi connectivity index (χ0) is 21.3. The maximum absolute atomic E-state index is 13.4. The SMILES string of the molecule is CC(C)N1C(=O)c2cccnc2Sc2cc(NC(=O)Cc3cccc(F)c3)ccc21. The molecule has 30 heavy (non-hydrogen) atoms. The van der Waals surface area contributed by atoms with Crippen molar-refractivity contribution in [2.45, 2.75) is 36.2 Å². The number of rotatable bonds is 4. The maximum Gasteiger partial charge on any atom is 0.261 e. The molecule has 4 rings (SSSR count). The number of amides is 2. The van der Waals surface area contributed by atoms with Crippen LogP contribution in [0.1, 0.15) is 29.8 Å². The number of hydrogen-bond donors (Lipinski definition) is 1. The summed E-state index contributed by atoms with van der Waals surface area (Å²) >= 11 is 1.40. The predicted molar refractivity (Wildman–Crippen MR) is 115 cm³/mol. The minimum atomic E-state index is -0.369. The molecule has 1 N–H and O–H groups in total. The van der Waals surface area contributed by atoms with Crippen molar-refractivity contribution in [2.75, 3.05) is 10.2 Å². The second-order valence-electron chi connectivity index (χ2n) is 7.26. The van der Waals surface area contributed by atoms with E-state index in [-0.39, 0.29) is 30.1 Å². The molecule has 5 nitrogen and oxygen atoms in total. The molecule has 7 heteroatoms. The van der Waals surface area contributed by atoms with Crippen LogP contribution in [0.4, 0.5) is 15.8 Å². The van der Waals surface area contributed by atoms with Crippen LogP contribution in [0.2, 0.25) is 0 Å². The van der Waals surface area contributed by atoms with E-state index in [9.17, 15) is 14.0 Å². The quantitative estimate of drug-likeness (QED) is 0.649. The Morgan fingerprint density at radius 3 is 2.77 bits per heavy atom. The van der Waals surface area contributed by atoms with E-state index in [0.717, 1.165) is 10.6 Å². The Morgan fingerprint density at radius 1 is 1.17 bits per heavy atom. The Kier molecular flexibility index (Phi) is 5.55. The molecule has 1 aliphatic rings. The van der Waals surface area contributed by atoms with Gasteiger partial charge in [0.2, 0.25) is 5.91 Å². The van der Waals surface area contributed by atoms with Gasteiger partial charge >= 0.3 is 0 Å². The van der Waals surface area contributed by atoms with E-state index in [0.29, 0.717) is 21.8 Å². The van der Waals surface area contributed by atoms with Gasteiger partial charge < -0.3 is 10.2 Å². The smallest absolute Gasteiger partial charge is 0.261 e. The molecule has 152 valence electrons. The van der Waals surface area contributed by atoms with Gasteiger partial charge in [0.1, 0.15) is 10.8 Å². The van der Waals surface area contributed by atoms with Gasteiger partial charge in [-0.05, 0) is 61.9 Å². The molecule has 1 aliphatic heterocycles. The summed E-state index contributed by atoms with van der Waals surface area (Å²) < 4.78 is 13.4. The average Bonchev–Trinajstić information content (AvgIpc) is 2.81. The first-order valence-electron chi connectivity index (χ1n) is 9.57. The Morgan fingerprint density at radius 2 is 2.00 bits per heavy atom. The minimum Gasteiger partial charge on any atom is -0.326 e. The van der Waals surface area contributed by atoms with Gasteiger partial charge in [0.05, 0.1) is 17.7 Å². The van der Waals surface area contributed by atoms with Crippen LogP contribution >= 0.6 is 11.8 Å². The standard InChI is InChI=1S/C23H20FN3O2S/c1-14(2)27-19-9-8-17(26-21(28)12-15-5-3-6-16(24)11-15)13-20(19)30-22-18(23(27)29)7-4-10-25-22/h3-11,13-14H,12H2,1-2H3,(H,26,28). The molecule has 2 amide bonds. The molecule has 1 aromatic heterocycles. The van der Waals surface area contributed by atoms with Gasteiger partial charge in [0, 0.05) is 22.8 Å². The van der Waals surface area contributed by atoms with Gasteiger partial charge in [-0.15, -0.1) is 0 Å². The number of hydrogen-bond acceptors (Lipinski definition) is 4. The molecular weight excluding hydrogens is 401 g/mol. The van der Waals surface area contributed by atoms with Crippen molar-refractivity contribution in [3.63, 3.8) is 0 Å².